The Morgan fingerprint density at radius 2 is 1.90 bits per heavy atom. The maximum atomic E-state index is 12.4. The van der Waals surface area contributed by atoms with Crippen LogP contribution < -0.4 is 5.32 Å². The fourth-order valence-electron chi connectivity index (χ4n) is 2.01. The Labute approximate surface area is 125 Å². The maximum absolute atomic E-state index is 12.4. The van der Waals surface area contributed by atoms with Crippen molar-refractivity contribution >= 4 is 11.9 Å². The van der Waals surface area contributed by atoms with Crippen molar-refractivity contribution < 1.29 is 19.4 Å². The fourth-order valence-corrected chi connectivity index (χ4v) is 2.01. The molecule has 2 N–H and O–H groups in total. The lowest BCUT2D eigenvalue weighted by Crippen LogP contribution is -2.45. The highest BCUT2D eigenvalue weighted by atomic mass is 16.5. The van der Waals surface area contributed by atoms with E-state index in [1.54, 1.807) is 19.2 Å². The minimum Gasteiger partial charge on any atom is -0.481 e. The number of rotatable bonds is 6. The van der Waals surface area contributed by atoms with Crippen LogP contribution in [-0.4, -0.2) is 30.1 Å². The molecule has 0 saturated heterocycles. The third kappa shape index (κ3) is 5.19. The Hall–Kier alpha value is -1.88. The van der Waals surface area contributed by atoms with Crippen LogP contribution in [0.25, 0.3) is 0 Å². The van der Waals surface area contributed by atoms with Gasteiger partial charge in [-0.1, -0.05) is 39.0 Å². The molecule has 21 heavy (non-hydrogen) atoms. The first-order chi connectivity index (χ1) is 9.75. The molecule has 5 nitrogen and oxygen atoms in total. The molecule has 116 valence electrons. The average molecular weight is 293 g/mol. The highest BCUT2D eigenvalue weighted by Crippen LogP contribution is 2.22. The number of hydrogen-bond donors (Lipinski definition) is 2. The normalized spacial score (nSPS) is 12.8. The summed E-state index contributed by atoms with van der Waals surface area (Å²) in [6, 6.07) is 6.70. The van der Waals surface area contributed by atoms with Crippen LogP contribution >= 0.6 is 0 Å². The van der Waals surface area contributed by atoms with Gasteiger partial charge in [-0.2, -0.15) is 0 Å². The van der Waals surface area contributed by atoms with Crippen molar-refractivity contribution in [3.8, 4) is 0 Å². The van der Waals surface area contributed by atoms with Gasteiger partial charge >= 0.3 is 5.97 Å². The molecule has 0 spiro atoms. The van der Waals surface area contributed by atoms with Gasteiger partial charge in [0, 0.05) is 18.7 Å². The molecule has 5 heteroatoms. The number of aliphatic carboxylic acids is 1. The number of amides is 1. The number of carboxylic acids is 1. The van der Waals surface area contributed by atoms with Crippen molar-refractivity contribution in [2.24, 2.45) is 5.41 Å². The zero-order chi connectivity index (χ0) is 16.0. The Balaban J connectivity index is 2.94. The molecular formula is C16H23NO4. The van der Waals surface area contributed by atoms with Crippen LogP contribution in [-0.2, 0) is 16.1 Å². The molecule has 1 amide bonds. The predicted molar refractivity (Wildman–Crippen MR) is 80.1 cm³/mol. The molecular weight excluding hydrogens is 270 g/mol. The first kappa shape index (κ1) is 17.2. The number of carbonyl (C=O) groups is 2. The minimum atomic E-state index is -0.930. The smallest absolute Gasteiger partial charge is 0.305 e. The first-order valence-corrected chi connectivity index (χ1v) is 6.85. The van der Waals surface area contributed by atoms with E-state index in [2.05, 4.69) is 5.32 Å². The van der Waals surface area contributed by atoms with Gasteiger partial charge in [0.05, 0.1) is 13.0 Å². The summed E-state index contributed by atoms with van der Waals surface area (Å²) >= 11 is 0. The van der Waals surface area contributed by atoms with E-state index < -0.39 is 12.0 Å². The molecule has 0 aliphatic heterocycles. The summed E-state index contributed by atoms with van der Waals surface area (Å²) in [5, 5.41) is 11.8. The Bertz CT molecular complexity index is 505. The standard InChI is InChI=1S/C16H23NO4/c1-16(2,3)13(9-14(18)19)17-15(20)12-8-6-5-7-11(12)10-21-4/h5-8,13H,9-10H2,1-4H3,(H,17,20)(H,18,19). The number of carbonyl (C=O) groups excluding carboxylic acids is 1. The van der Waals surface area contributed by atoms with Gasteiger partial charge in [0.1, 0.15) is 0 Å². The van der Waals surface area contributed by atoms with Gasteiger partial charge in [-0.15, -0.1) is 0 Å². The van der Waals surface area contributed by atoms with Crippen molar-refractivity contribution in [3.05, 3.63) is 35.4 Å². The van der Waals surface area contributed by atoms with Crippen LogP contribution in [0.3, 0.4) is 0 Å². The molecule has 1 atom stereocenters. The molecule has 0 aromatic heterocycles. The quantitative estimate of drug-likeness (QED) is 0.844. The van der Waals surface area contributed by atoms with Gasteiger partial charge in [0.25, 0.3) is 5.91 Å². The van der Waals surface area contributed by atoms with Gasteiger partial charge in [-0.05, 0) is 17.0 Å². The van der Waals surface area contributed by atoms with Gasteiger partial charge < -0.3 is 15.2 Å². The van der Waals surface area contributed by atoms with Crippen molar-refractivity contribution in [3.63, 3.8) is 0 Å². The number of hydrogen-bond acceptors (Lipinski definition) is 3. The molecule has 0 aliphatic carbocycles. The summed E-state index contributed by atoms with van der Waals surface area (Å²) in [5.41, 5.74) is 0.948. The van der Waals surface area contributed by atoms with Crippen LogP contribution in [0.5, 0.6) is 0 Å². The van der Waals surface area contributed by atoms with E-state index in [4.69, 9.17) is 9.84 Å². The van der Waals surface area contributed by atoms with Crippen LogP contribution in [0, 0.1) is 5.41 Å². The van der Waals surface area contributed by atoms with Gasteiger partial charge in [-0.3, -0.25) is 9.59 Å². The third-order valence-electron chi connectivity index (χ3n) is 3.29. The summed E-state index contributed by atoms with van der Waals surface area (Å²) in [6.07, 6.45) is -0.109. The van der Waals surface area contributed by atoms with Gasteiger partial charge in [0.15, 0.2) is 0 Å². The lowest BCUT2D eigenvalue weighted by molar-refractivity contribution is -0.138. The molecule has 0 fully saturated rings. The molecule has 0 aliphatic rings. The minimum absolute atomic E-state index is 0.109. The monoisotopic (exact) mass is 293 g/mol. The Morgan fingerprint density at radius 3 is 2.43 bits per heavy atom. The zero-order valence-electron chi connectivity index (χ0n) is 13.0. The Morgan fingerprint density at radius 1 is 1.29 bits per heavy atom. The summed E-state index contributed by atoms with van der Waals surface area (Å²) in [6.45, 7) is 6.05. The van der Waals surface area contributed by atoms with Crippen LogP contribution in [0.4, 0.5) is 0 Å². The van der Waals surface area contributed by atoms with Crippen molar-refractivity contribution in [1.82, 2.24) is 5.32 Å². The number of methoxy groups -OCH3 is 1. The second-order valence-corrected chi connectivity index (χ2v) is 6.08. The summed E-state index contributed by atoms with van der Waals surface area (Å²) in [7, 11) is 1.57. The SMILES string of the molecule is COCc1ccccc1C(=O)NC(CC(=O)O)C(C)(C)C. The lowest BCUT2D eigenvalue weighted by Gasteiger charge is -2.30. The van der Waals surface area contributed by atoms with Crippen molar-refractivity contribution in [2.75, 3.05) is 7.11 Å². The predicted octanol–water partition coefficient (Wildman–Crippen LogP) is 2.45. The number of benzene rings is 1. The van der Waals surface area contributed by atoms with Gasteiger partial charge in [0.2, 0.25) is 0 Å². The molecule has 0 radical (unpaired) electrons. The largest absolute Gasteiger partial charge is 0.481 e. The second-order valence-electron chi connectivity index (χ2n) is 6.08. The van der Waals surface area contributed by atoms with Gasteiger partial charge in [-0.25, -0.2) is 0 Å². The molecule has 0 heterocycles. The molecule has 1 aromatic rings. The van der Waals surface area contributed by atoms with E-state index in [9.17, 15) is 9.59 Å². The van der Waals surface area contributed by atoms with Crippen molar-refractivity contribution in [1.29, 1.82) is 0 Å². The molecule has 0 bridgehead atoms. The number of nitrogens with one attached hydrogen (secondary N) is 1. The molecule has 1 aromatic carbocycles. The fraction of sp³-hybridized carbons (Fsp3) is 0.500. The Kier molecular flexibility index (Phi) is 5.90. The highest BCUT2D eigenvalue weighted by Gasteiger charge is 2.29. The first-order valence-electron chi connectivity index (χ1n) is 6.85. The third-order valence-corrected chi connectivity index (χ3v) is 3.29. The van der Waals surface area contributed by atoms with E-state index >= 15 is 0 Å². The molecule has 0 saturated carbocycles. The lowest BCUT2D eigenvalue weighted by atomic mass is 9.84. The van der Waals surface area contributed by atoms with E-state index in [0.717, 1.165) is 5.56 Å². The van der Waals surface area contributed by atoms with Crippen LogP contribution in [0.1, 0.15) is 43.1 Å². The van der Waals surface area contributed by atoms with E-state index in [1.165, 1.54) is 0 Å². The maximum Gasteiger partial charge on any atom is 0.305 e. The summed E-state index contributed by atoms with van der Waals surface area (Å²) in [4.78, 5) is 23.4. The van der Waals surface area contributed by atoms with Crippen LogP contribution in [0.2, 0.25) is 0 Å². The highest BCUT2D eigenvalue weighted by molar-refractivity contribution is 5.96. The summed E-state index contributed by atoms with van der Waals surface area (Å²) < 4.78 is 5.08. The summed E-state index contributed by atoms with van der Waals surface area (Å²) in [5.74, 6) is -1.20. The molecule has 1 unspecified atom stereocenters. The second kappa shape index (κ2) is 7.22. The van der Waals surface area contributed by atoms with Crippen molar-refractivity contribution in [2.45, 2.75) is 39.8 Å². The van der Waals surface area contributed by atoms with Crippen LogP contribution in [0.15, 0.2) is 24.3 Å². The van der Waals surface area contributed by atoms with E-state index in [0.29, 0.717) is 12.2 Å². The molecule has 1 rings (SSSR count). The van der Waals surface area contributed by atoms with E-state index in [1.807, 2.05) is 32.9 Å². The number of ether oxygens (including phenoxy) is 1. The van der Waals surface area contributed by atoms with E-state index in [-0.39, 0.29) is 17.7 Å². The average Bonchev–Trinajstić information content (AvgIpc) is 2.37. The zero-order valence-corrected chi connectivity index (χ0v) is 13.0. The topological polar surface area (TPSA) is 75.6 Å². The number of carboxylic acid groups (broad SMARTS) is 1.